The highest BCUT2D eigenvalue weighted by Gasteiger charge is 2.18. The minimum Gasteiger partial charge on any atom is -0.493 e. The minimum absolute atomic E-state index is 0.131. The summed E-state index contributed by atoms with van der Waals surface area (Å²) in [5.74, 6) is -0.0824. The van der Waals surface area contributed by atoms with Crippen LogP contribution in [-0.2, 0) is 0 Å². The number of halogens is 1. The summed E-state index contributed by atoms with van der Waals surface area (Å²) < 4.78 is 19.3. The topological polar surface area (TPSA) is 78.8 Å². The number of hydrogen-bond acceptors (Lipinski definition) is 5. The van der Waals surface area contributed by atoms with Crippen molar-refractivity contribution >= 4 is 11.8 Å². The molecule has 1 N–H and O–H groups in total. The molecule has 2 rings (SSSR count). The average molecular weight is 333 g/mol. The quantitative estimate of drug-likeness (QED) is 0.498. The fourth-order valence-electron chi connectivity index (χ4n) is 1.99. The van der Waals surface area contributed by atoms with E-state index < -0.39 is 11.4 Å². The summed E-state index contributed by atoms with van der Waals surface area (Å²) in [5.41, 5.74) is -0.273. The number of ether oxygens (including phenoxy) is 1. The molecule has 0 saturated heterocycles. The minimum atomic E-state index is -0.550. The second-order valence-electron chi connectivity index (χ2n) is 4.75. The molecule has 0 unspecified atom stereocenters. The molecular weight excluding hydrogens is 317 g/mol. The first kappa shape index (κ1) is 17.0. The van der Waals surface area contributed by atoms with E-state index in [0.717, 1.165) is 12.8 Å². The van der Waals surface area contributed by atoms with Crippen LogP contribution in [-0.4, -0.2) is 22.8 Å². The molecule has 0 spiro atoms. The highest BCUT2D eigenvalue weighted by atomic mass is 32.2. The standard InChI is InChI=1S/C16H16FN3O2S/c1-3-4-7-22-13-6-5-10(17)8-11(13)14-12(9-18)15(21)20-16(19-14)23-2/h5-6,8H,3-4,7H2,1-2H3,(H,19,20,21). The van der Waals surface area contributed by atoms with Gasteiger partial charge in [-0.1, -0.05) is 25.1 Å². The molecule has 0 saturated carbocycles. The van der Waals surface area contributed by atoms with Gasteiger partial charge >= 0.3 is 0 Å². The Balaban J connectivity index is 2.61. The molecule has 120 valence electrons. The van der Waals surface area contributed by atoms with Crippen molar-refractivity contribution in [2.75, 3.05) is 12.9 Å². The normalized spacial score (nSPS) is 10.3. The van der Waals surface area contributed by atoms with E-state index in [-0.39, 0.29) is 11.3 Å². The van der Waals surface area contributed by atoms with E-state index in [9.17, 15) is 14.4 Å². The molecule has 1 heterocycles. The Bertz CT molecular complexity index is 799. The largest absolute Gasteiger partial charge is 0.493 e. The third kappa shape index (κ3) is 3.90. The van der Waals surface area contributed by atoms with Crippen LogP contribution in [0.2, 0.25) is 0 Å². The van der Waals surface area contributed by atoms with Gasteiger partial charge in [0, 0.05) is 5.56 Å². The summed E-state index contributed by atoms with van der Waals surface area (Å²) in [6.45, 7) is 2.50. The van der Waals surface area contributed by atoms with Gasteiger partial charge in [0.15, 0.2) is 5.16 Å². The van der Waals surface area contributed by atoms with Crippen LogP contribution in [0.1, 0.15) is 25.3 Å². The fourth-order valence-corrected chi connectivity index (χ4v) is 2.36. The molecule has 0 aliphatic heterocycles. The lowest BCUT2D eigenvalue weighted by Crippen LogP contribution is -2.15. The predicted molar refractivity (Wildman–Crippen MR) is 87.2 cm³/mol. The second-order valence-corrected chi connectivity index (χ2v) is 5.55. The lowest BCUT2D eigenvalue weighted by molar-refractivity contribution is 0.310. The van der Waals surface area contributed by atoms with Gasteiger partial charge < -0.3 is 9.72 Å². The van der Waals surface area contributed by atoms with Gasteiger partial charge in [-0.15, -0.1) is 0 Å². The number of aromatic amines is 1. The van der Waals surface area contributed by atoms with E-state index in [0.29, 0.717) is 23.1 Å². The molecule has 2 aromatic rings. The van der Waals surface area contributed by atoms with Crippen molar-refractivity contribution in [1.82, 2.24) is 9.97 Å². The van der Waals surface area contributed by atoms with Crippen LogP contribution >= 0.6 is 11.8 Å². The second kappa shape index (κ2) is 7.79. The Labute approximate surface area is 137 Å². The van der Waals surface area contributed by atoms with Crippen LogP contribution in [0, 0.1) is 17.1 Å². The Morgan fingerprint density at radius 3 is 2.91 bits per heavy atom. The first-order valence-corrected chi connectivity index (χ1v) is 8.34. The lowest BCUT2D eigenvalue weighted by atomic mass is 10.1. The molecule has 5 nitrogen and oxygen atoms in total. The zero-order valence-corrected chi connectivity index (χ0v) is 13.7. The summed E-state index contributed by atoms with van der Waals surface area (Å²) in [5, 5.41) is 9.60. The number of hydrogen-bond donors (Lipinski definition) is 1. The van der Waals surface area contributed by atoms with E-state index in [2.05, 4.69) is 9.97 Å². The van der Waals surface area contributed by atoms with E-state index in [1.54, 1.807) is 6.26 Å². The third-order valence-corrected chi connectivity index (χ3v) is 3.74. The number of nitrogens with one attached hydrogen (secondary N) is 1. The van der Waals surface area contributed by atoms with Gasteiger partial charge in [0.05, 0.1) is 6.61 Å². The Morgan fingerprint density at radius 2 is 2.26 bits per heavy atom. The molecular formula is C16H16FN3O2S. The molecule has 1 aromatic carbocycles. The van der Waals surface area contributed by atoms with Crippen molar-refractivity contribution in [2.24, 2.45) is 0 Å². The third-order valence-electron chi connectivity index (χ3n) is 3.16. The van der Waals surface area contributed by atoms with Crippen LogP contribution in [0.5, 0.6) is 5.75 Å². The van der Waals surface area contributed by atoms with E-state index in [1.165, 1.54) is 30.0 Å². The molecule has 0 bridgehead atoms. The zero-order valence-electron chi connectivity index (χ0n) is 12.9. The highest BCUT2D eigenvalue weighted by molar-refractivity contribution is 7.98. The number of unbranched alkanes of at least 4 members (excludes halogenated alkanes) is 1. The zero-order chi connectivity index (χ0) is 16.8. The van der Waals surface area contributed by atoms with E-state index in [1.807, 2.05) is 13.0 Å². The number of aromatic nitrogens is 2. The number of nitrogens with zero attached hydrogens (tertiary/aromatic N) is 2. The molecule has 0 aliphatic carbocycles. The highest BCUT2D eigenvalue weighted by Crippen LogP contribution is 2.31. The van der Waals surface area contributed by atoms with E-state index >= 15 is 0 Å². The number of nitriles is 1. The summed E-state index contributed by atoms with van der Waals surface area (Å²) in [6.07, 6.45) is 3.55. The van der Waals surface area contributed by atoms with Gasteiger partial charge in [-0.2, -0.15) is 5.26 Å². The summed E-state index contributed by atoms with van der Waals surface area (Å²) >= 11 is 1.23. The van der Waals surface area contributed by atoms with Crippen molar-refractivity contribution in [2.45, 2.75) is 24.9 Å². The number of benzene rings is 1. The summed E-state index contributed by atoms with van der Waals surface area (Å²) in [7, 11) is 0. The maximum absolute atomic E-state index is 13.7. The Hall–Kier alpha value is -2.33. The molecule has 0 fully saturated rings. The van der Waals surface area contributed by atoms with Crippen molar-refractivity contribution in [3.05, 3.63) is 39.9 Å². The van der Waals surface area contributed by atoms with Gasteiger partial charge in [0.2, 0.25) is 0 Å². The molecule has 0 radical (unpaired) electrons. The van der Waals surface area contributed by atoms with Crippen molar-refractivity contribution in [3.63, 3.8) is 0 Å². The Morgan fingerprint density at radius 1 is 1.48 bits per heavy atom. The van der Waals surface area contributed by atoms with Crippen LogP contribution in [0.3, 0.4) is 0 Å². The number of rotatable bonds is 6. The molecule has 0 amide bonds. The van der Waals surface area contributed by atoms with Crippen LogP contribution < -0.4 is 10.3 Å². The van der Waals surface area contributed by atoms with E-state index in [4.69, 9.17) is 4.74 Å². The van der Waals surface area contributed by atoms with Crippen LogP contribution in [0.15, 0.2) is 28.2 Å². The van der Waals surface area contributed by atoms with Crippen molar-refractivity contribution in [3.8, 4) is 23.1 Å². The summed E-state index contributed by atoms with van der Waals surface area (Å²) in [4.78, 5) is 18.8. The molecule has 0 aliphatic rings. The number of H-pyrrole nitrogens is 1. The van der Waals surface area contributed by atoms with Crippen LogP contribution in [0.4, 0.5) is 4.39 Å². The van der Waals surface area contributed by atoms with Crippen LogP contribution in [0.25, 0.3) is 11.3 Å². The molecule has 0 atom stereocenters. The fraction of sp³-hybridized carbons (Fsp3) is 0.312. The first-order valence-electron chi connectivity index (χ1n) is 7.11. The molecule has 1 aromatic heterocycles. The van der Waals surface area contributed by atoms with Crippen molar-refractivity contribution in [1.29, 1.82) is 5.26 Å². The summed E-state index contributed by atoms with van der Waals surface area (Å²) in [6, 6.07) is 5.83. The molecule has 23 heavy (non-hydrogen) atoms. The number of thioether (sulfide) groups is 1. The maximum atomic E-state index is 13.7. The van der Waals surface area contributed by atoms with Gasteiger partial charge in [-0.3, -0.25) is 4.79 Å². The monoisotopic (exact) mass is 333 g/mol. The first-order chi connectivity index (χ1) is 11.1. The average Bonchev–Trinajstić information content (AvgIpc) is 2.55. The molecule has 7 heteroatoms. The van der Waals surface area contributed by atoms with Crippen molar-refractivity contribution < 1.29 is 9.13 Å². The van der Waals surface area contributed by atoms with Gasteiger partial charge in [-0.25, -0.2) is 9.37 Å². The maximum Gasteiger partial charge on any atom is 0.270 e. The predicted octanol–water partition coefficient (Wildman–Crippen LogP) is 3.35. The lowest BCUT2D eigenvalue weighted by Gasteiger charge is -2.12. The van der Waals surface area contributed by atoms with Gasteiger partial charge in [0.25, 0.3) is 5.56 Å². The van der Waals surface area contributed by atoms with Gasteiger partial charge in [0.1, 0.15) is 28.9 Å². The SMILES string of the molecule is CCCCOc1ccc(F)cc1-c1nc(SC)[nH]c(=O)c1C#N. The smallest absolute Gasteiger partial charge is 0.270 e. The Kier molecular flexibility index (Phi) is 5.77. The van der Waals surface area contributed by atoms with Gasteiger partial charge in [-0.05, 0) is 30.9 Å².